The number of hydrogen-bond acceptors (Lipinski definition) is 4. The molecular formula is C16H25N3O. The van der Waals surface area contributed by atoms with Gasteiger partial charge in [-0.1, -0.05) is 19.9 Å². The van der Waals surface area contributed by atoms with Crippen molar-refractivity contribution in [3.05, 3.63) is 29.3 Å². The second-order valence-corrected chi connectivity index (χ2v) is 4.91. The highest BCUT2D eigenvalue weighted by Crippen LogP contribution is 2.18. The maximum atomic E-state index is 9.08. The van der Waals surface area contributed by atoms with E-state index >= 15 is 0 Å². The smallest absolute Gasteiger partial charge is 0.136 e. The maximum Gasteiger partial charge on any atom is 0.136 e. The van der Waals surface area contributed by atoms with Crippen molar-refractivity contribution in [1.29, 1.82) is 5.26 Å². The fraction of sp³-hybridized carbons (Fsp3) is 0.562. The van der Waals surface area contributed by atoms with Crippen LogP contribution >= 0.6 is 0 Å². The van der Waals surface area contributed by atoms with E-state index in [1.807, 2.05) is 18.2 Å². The van der Waals surface area contributed by atoms with Crippen molar-refractivity contribution in [2.75, 3.05) is 26.7 Å². The van der Waals surface area contributed by atoms with Gasteiger partial charge in [0.1, 0.15) is 11.8 Å². The molecule has 1 aromatic carbocycles. The van der Waals surface area contributed by atoms with Gasteiger partial charge in [0.2, 0.25) is 0 Å². The van der Waals surface area contributed by atoms with Gasteiger partial charge >= 0.3 is 0 Å². The number of hydrogen-bond donors (Lipinski definition) is 1. The van der Waals surface area contributed by atoms with E-state index in [4.69, 9.17) is 10.00 Å². The quantitative estimate of drug-likeness (QED) is 0.791. The van der Waals surface area contributed by atoms with Crippen LogP contribution < -0.4 is 10.1 Å². The molecule has 0 aliphatic rings. The molecule has 0 fully saturated rings. The Labute approximate surface area is 122 Å². The molecule has 1 rings (SSSR count). The molecule has 0 heterocycles. The first-order valence-corrected chi connectivity index (χ1v) is 7.17. The van der Waals surface area contributed by atoms with Crippen molar-refractivity contribution in [3.8, 4) is 11.8 Å². The van der Waals surface area contributed by atoms with Crippen LogP contribution in [0.5, 0.6) is 5.75 Å². The molecule has 0 aliphatic heterocycles. The number of benzene rings is 1. The molecule has 0 saturated heterocycles. The summed E-state index contributed by atoms with van der Waals surface area (Å²) in [6.45, 7) is 10.5. The topological polar surface area (TPSA) is 48.3 Å². The molecule has 110 valence electrons. The van der Waals surface area contributed by atoms with Crippen molar-refractivity contribution in [1.82, 2.24) is 10.2 Å². The Morgan fingerprint density at radius 1 is 1.35 bits per heavy atom. The Kier molecular flexibility index (Phi) is 7.06. The van der Waals surface area contributed by atoms with Gasteiger partial charge in [0, 0.05) is 19.1 Å². The lowest BCUT2D eigenvalue weighted by Gasteiger charge is -2.23. The zero-order chi connectivity index (χ0) is 15.0. The minimum atomic E-state index is 0.419. The fourth-order valence-corrected chi connectivity index (χ4v) is 2.18. The molecule has 1 aromatic rings. The van der Waals surface area contributed by atoms with E-state index in [2.05, 4.69) is 37.1 Å². The van der Waals surface area contributed by atoms with Gasteiger partial charge in [-0.25, -0.2) is 0 Å². The Hall–Kier alpha value is -1.57. The van der Waals surface area contributed by atoms with Gasteiger partial charge in [0.25, 0.3) is 0 Å². The van der Waals surface area contributed by atoms with Crippen LogP contribution in [0.1, 0.15) is 31.9 Å². The SMILES string of the molecule is CCN(CC)CC(C)NCc1ccc(OC)c(C#N)c1. The van der Waals surface area contributed by atoms with Gasteiger partial charge in [-0.05, 0) is 37.7 Å². The van der Waals surface area contributed by atoms with Crippen molar-refractivity contribution in [3.63, 3.8) is 0 Å². The standard InChI is InChI=1S/C16H25N3O/c1-5-19(6-2)12-13(3)18-11-14-7-8-16(20-4)15(9-14)10-17/h7-9,13,18H,5-6,11-12H2,1-4H3. The van der Waals surface area contributed by atoms with Crippen LogP contribution in [0, 0.1) is 11.3 Å². The van der Waals surface area contributed by atoms with Crippen LogP contribution in [0.3, 0.4) is 0 Å². The zero-order valence-corrected chi connectivity index (χ0v) is 12.9. The molecule has 0 saturated carbocycles. The molecular weight excluding hydrogens is 250 g/mol. The van der Waals surface area contributed by atoms with E-state index in [-0.39, 0.29) is 0 Å². The third-order valence-electron chi connectivity index (χ3n) is 3.47. The number of rotatable bonds is 8. The molecule has 0 aromatic heterocycles. The van der Waals surface area contributed by atoms with E-state index in [9.17, 15) is 0 Å². The summed E-state index contributed by atoms with van der Waals surface area (Å²) in [7, 11) is 1.58. The van der Waals surface area contributed by atoms with Crippen LogP contribution in [0.15, 0.2) is 18.2 Å². The molecule has 1 unspecified atom stereocenters. The van der Waals surface area contributed by atoms with E-state index in [0.717, 1.165) is 31.7 Å². The molecule has 0 amide bonds. The summed E-state index contributed by atoms with van der Waals surface area (Å²) in [4.78, 5) is 2.40. The highest BCUT2D eigenvalue weighted by molar-refractivity contribution is 5.45. The zero-order valence-electron chi connectivity index (χ0n) is 12.9. The van der Waals surface area contributed by atoms with Gasteiger partial charge in [0.05, 0.1) is 12.7 Å². The lowest BCUT2D eigenvalue weighted by atomic mass is 10.1. The van der Waals surface area contributed by atoms with Crippen molar-refractivity contribution in [2.45, 2.75) is 33.4 Å². The first-order chi connectivity index (χ1) is 9.64. The molecule has 0 spiro atoms. The summed E-state index contributed by atoms with van der Waals surface area (Å²) in [6.07, 6.45) is 0. The van der Waals surface area contributed by atoms with Gasteiger partial charge < -0.3 is 15.0 Å². The summed E-state index contributed by atoms with van der Waals surface area (Å²) in [5.74, 6) is 0.632. The molecule has 1 N–H and O–H groups in total. The number of nitriles is 1. The largest absolute Gasteiger partial charge is 0.495 e. The average Bonchev–Trinajstić information content (AvgIpc) is 2.50. The molecule has 20 heavy (non-hydrogen) atoms. The Morgan fingerprint density at radius 2 is 2.05 bits per heavy atom. The predicted molar refractivity (Wildman–Crippen MR) is 81.8 cm³/mol. The Balaban J connectivity index is 2.55. The fourth-order valence-electron chi connectivity index (χ4n) is 2.18. The summed E-state index contributed by atoms with van der Waals surface area (Å²) < 4.78 is 5.15. The summed E-state index contributed by atoms with van der Waals surface area (Å²) in [5.41, 5.74) is 1.69. The normalized spacial score (nSPS) is 12.2. The summed E-state index contributed by atoms with van der Waals surface area (Å²) in [5, 5.41) is 12.6. The van der Waals surface area contributed by atoms with Gasteiger partial charge in [-0.3, -0.25) is 0 Å². The predicted octanol–water partition coefficient (Wildman–Crippen LogP) is 2.39. The Morgan fingerprint density at radius 3 is 2.60 bits per heavy atom. The number of methoxy groups -OCH3 is 1. The lowest BCUT2D eigenvalue weighted by Crippen LogP contribution is -2.38. The van der Waals surface area contributed by atoms with Gasteiger partial charge in [-0.15, -0.1) is 0 Å². The minimum Gasteiger partial charge on any atom is -0.495 e. The van der Waals surface area contributed by atoms with Crippen molar-refractivity contribution < 1.29 is 4.74 Å². The maximum absolute atomic E-state index is 9.08. The minimum absolute atomic E-state index is 0.419. The second-order valence-electron chi connectivity index (χ2n) is 4.91. The summed E-state index contributed by atoms with van der Waals surface area (Å²) in [6, 6.07) is 8.32. The van der Waals surface area contributed by atoms with E-state index in [1.54, 1.807) is 7.11 Å². The monoisotopic (exact) mass is 275 g/mol. The van der Waals surface area contributed by atoms with E-state index in [0.29, 0.717) is 17.4 Å². The highest BCUT2D eigenvalue weighted by atomic mass is 16.5. The number of likely N-dealkylation sites (N-methyl/N-ethyl adjacent to an activating group) is 1. The van der Waals surface area contributed by atoms with Crippen molar-refractivity contribution >= 4 is 0 Å². The van der Waals surface area contributed by atoms with Crippen LogP contribution in [-0.2, 0) is 6.54 Å². The van der Waals surface area contributed by atoms with Crippen molar-refractivity contribution in [2.24, 2.45) is 0 Å². The summed E-state index contributed by atoms with van der Waals surface area (Å²) >= 11 is 0. The molecule has 1 atom stereocenters. The lowest BCUT2D eigenvalue weighted by molar-refractivity contribution is 0.270. The average molecular weight is 275 g/mol. The van der Waals surface area contributed by atoms with Crippen LogP contribution in [0.2, 0.25) is 0 Å². The van der Waals surface area contributed by atoms with Gasteiger partial charge in [0.15, 0.2) is 0 Å². The molecule has 4 heteroatoms. The molecule has 0 bridgehead atoms. The molecule has 4 nitrogen and oxygen atoms in total. The number of nitrogens with one attached hydrogen (secondary N) is 1. The Bertz CT molecular complexity index is 450. The van der Waals surface area contributed by atoms with Crippen LogP contribution in [0.25, 0.3) is 0 Å². The van der Waals surface area contributed by atoms with E-state index in [1.165, 1.54) is 0 Å². The first-order valence-electron chi connectivity index (χ1n) is 7.17. The number of ether oxygens (including phenoxy) is 1. The molecule has 0 radical (unpaired) electrons. The third-order valence-corrected chi connectivity index (χ3v) is 3.47. The molecule has 0 aliphatic carbocycles. The van der Waals surface area contributed by atoms with Gasteiger partial charge in [-0.2, -0.15) is 5.26 Å². The highest BCUT2D eigenvalue weighted by Gasteiger charge is 2.08. The van der Waals surface area contributed by atoms with Crippen LogP contribution in [0.4, 0.5) is 0 Å². The van der Waals surface area contributed by atoms with E-state index < -0.39 is 0 Å². The van der Waals surface area contributed by atoms with Crippen LogP contribution in [-0.4, -0.2) is 37.7 Å². The second kappa shape index (κ2) is 8.57. The first kappa shape index (κ1) is 16.5. The third kappa shape index (κ3) is 4.84. The number of nitrogens with zero attached hydrogens (tertiary/aromatic N) is 2.